The van der Waals surface area contributed by atoms with Crippen molar-refractivity contribution in [3.63, 3.8) is 0 Å². The minimum atomic E-state index is -0.222. The van der Waals surface area contributed by atoms with Gasteiger partial charge in [-0.25, -0.2) is 9.97 Å². The van der Waals surface area contributed by atoms with Gasteiger partial charge in [-0.05, 0) is 51.0 Å². The van der Waals surface area contributed by atoms with Crippen LogP contribution in [0, 0.1) is 6.92 Å². The number of hydrogen-bond acceptors (Lipinski definition) is 5. The van der Waals surface area contributed by atoms with E-state index in [1.54, 1.807) is 6.07 Å². The first-order valence-electron chi connectivity index (χ1n) is 9.00. The number of carbonyl (C=O) groups excluding carboxylic acids is 1. The van der Waals surface area contributed by atoms with Gasteiger partial charge in [-0.2, -0.15) is 0 Å². The fourth-order valence-electron chi connectivity index (χ4n) is 2.71. The maximum Gasteiger partial charge on any atom is 0.274 e. The molecule has 0 aliphatic carbocycles. The van der Waals surface area contributed by atoms with E-state index in [0.29, 0.717) is 17.4 Å². The predicted octanol–water partition coefficient (Wildman–Crippen LogP) is 3.52. The van der Waals surface area contributed by atoms with Crippen LogP contribution in [-0.4, -0.2) is 48.0 Å². The number of nitrogens with zero attached hydrogens (tertiary/aromatic N) is 3. The molecule has 2 N–H and O–H groups in total. The van der Waals surface area contributed by atoms with Gasteiger partial charge < -0.3 is 15.5 Å². The number of anilines is 2. The van der Waals surface area contributed by atoms with Gasteiger partial charge in [0.05, 0.1) is 0 Å². The molecule has 0 bridgehead atoms. The molecule has 0 radical (unpaired) electrons. The second-order valence-corrected chi connectivity index (χ2v) is 7.02. The van der Waals surface area contributed by atoms with Crippen LogP contribution in [0.25, 0.3) is 0 Å². The van der Waals surface area contributed by atoms with Gasteiger partial charge in [0.2, 0.25) is 0 Å². The van der Waals surface area contributed by atoms with Crippen LogP contribution >= 0.6 is 0 Å². The van der Waals surface area contributed by atoms with Gasteiger partial charge in [-0.1, -0.05) is 32.0 Å². The van der Waals surface area contributed by atoms with E-state index < -0.39 is 0 Å². The number of benzene rings is 1. The molecule has 6 nitrogen and oxygen atoms in total. The average Bonchev–Trinajstić information content (AvgIpc) is 2.60. The van der Waals surface area contributed by atoms with Crippen molar-refractivity contribution >= 4 is 17.4 Å². The Morgan fingerprint density at radius 1 is 1.23 bits per heavy atom. The van der Waals surface area contributed by atoms with E-state index >= 15 is 0 Å². The number of nitrogens with one attached hydrogen (secondary N) is 2. The molecule has 0 spiro atoms. The molecular formula is C20H29N5O. The van der Waals surface area contributed by atoms with E-state index in [1.807, 2.05) is 39.2 Å². The van der Waals surface area contributed by atoms with Crippen LogP contribution in [0.4, 0.5) is 11.5 Å². The van der Waals surface area contributed by atoms with E-state index in [-0.39, 0.29) is 5.91 Å². The monoisotopic (exact) mass is 355 g/mol. The largest absolute Gasteiger partial charge is 0.370 e. The van der Waals surface area contributed by atoms with Crippen molar-refractivity contribution in [2.24, 2.45) is 0 Å². The Morgan fingerprint density at radius 2 is 2.00 bits per heavy atom. The lowest BCUT2D eigenvalue weighted by molar-refractivity contribution is 0.102. The van der Waals surface area contributed by atoms with Crippen LogP contribution < -0.4 is 10.6 Å². The van der Waals surface area contributed by atoms with Gasteiger partial charge >= 0.3 is 0 Å². The molecule has 0 fully saturated rings. The first kappa shape index (κ1) is 19.8. The highest BCUT2D eigenvalue weighted by atomic mass is 16.1. The van der Waals surface area contributed by atoms with Crippen molar-refractivity contribution < 1.29 is 4.79 Å². The third-order valence-electron chi connectivity index (χ3n) is 4.15. The summed E-state index contributed by atoms with van der Waals surface area (Å²) < 4.78 is 0. The zero-order valence-electron chi connectivity index (χ0n) is 16.3. The second kappa shape index (κ2) is 9.29. The molecule has 1 aromatic carbocycles. The van der Waals surface area contributed by atoms with E-state index in [9.17, 15) is 4.79 Å². The molecule has 0 unspecified atom stereocenters. The number of amides is 1. The van der Waals surface area contributed by atoms with Gasteiger partial charge in [-0.15, -0.1) is 0 Å². The highest BCUT2D eigenvalue weighted by molar-refractivity contribution is 6.04. The molecule has 6 heteroatoms. The van der Waals surface area contributed by atoms with Crippen molar-refractivity contribution in [2.75, 3.05) is 37.8 Å². The normalized spacial score (nSPS) is 11.0. The summed E-state index contributed by atoms with van der Waals surface area (Å²) >= 11 is 0. The van der Waals surface area contributed by atoms with Crippen molar-refractivity contribution in [3.8, 4) is 0 Å². The smallest absolute Gasteiger partial charge is 0.274 e. The first-order valence-corrected chi connectivity index (χ1v) is 9.00. The maximum atomic E-state index is 12.7. The van der Waals surface area contributed by atoms with Crippen molar-refractivity contribution in [1.82, 2.24) is 14.9 Å². The fraction of sp³-hybridized carbons (Fsp3) is 0.450. The number of carbonyl (C=O) groups is 1. The second-order valence-electron chi connectivity index (χ2n) is 7.02. The predicted molar refractivity (Wildman–Crippen MR) is 107 cm³/mol. The molecular weight excluding hydrogens is 326 g/mol. The van der Waals surface area contributed by atoms with Gasteiger partial charge in [0.25, 0.3) is 5.91 Å². The van der Waals surface area contributed by atoms with Crippen LogP contribution in [0.2, 0.25) is 0 Å². The summed E-state index contributed by atoms with van der Waals surface area (Å²) in [5.74, 6) is 0.766. The third kappa shape index (κ3) is 5.52. The van der Waals surface area contributed by atoms with E-state index in [0.717, 1.165) is 36.3 Å². The highest BCUT2D eigenvalue weighted by Gasteiger charge is 2.14. The van der Waals surface area contributed by atoms with Gasteiger partial charge in [-0.3, -0.25) is 4.79 Å². The Kier molecular flexibility index (Phi) is 7.09. The zero-order valence-corrected chi connectivity index (χ0v) is 16.3. The van der Waals surface area contributed by atoms with Crippen LogP contribution in [0.1, 0.15) is 47.8 Å². The molecule has 1 aromatic heterocycles. The number of rotatable bonds is 8. The van der Waals surface area contributed by atoms with Crippen molar-refractivity contribution in [3.05, 3.63) is 47.4 Å². The molecule has 2 aromatic rings. The van der Waals surface area contributed by atoms with E-state index in [4.69, 9.17) is 0 Å². The fourth-order valence-corrected chi connectivity index (χ4v) is 2.71. The number of aromatic nitrogens is 2. The Labute approximate surface area is 156 Å². The summed E-state index contributed by atoms with van der Waals surface area (Å²) in [4.78, 5) is 23.1. The van der Waals surface area contributed by atoms with Gasteiger partial charge in [0.15, 0.2) is 0 Å². The summed E-state index contributed by atoms with van der Waals surface area (Å²) in [6.45, 7) is 8.02. The molecule has 2 rings (SSSR count). The summed E-state index contributed by atoms with van der Waals surface area (Å²) in [7, 11) is 4.09. The zero-order chi connectivity index (χ0) is 19.1. The number of aryl methyl sites for hydroxylation is 1. The number of hydrogen-bond donors (Lipinski definition) is 2. The molecule has 0 saturated heterocycles. The third-order valence-corrected chi connectivity index (χ3v) is 4.15. The summed E-state index contributed by atoms with van der Waals surface area (Å²) in [6.07, 6.45) is 2.42. The molecule has 1 heterocycles. The Hall–Kier alpha value is -2.47. The van der Waals surface area contributed by atoms with Crippen LogP contribution in [0.5, 0.6) is 0 Å². The quantitative estimate of drug-likeness (QED) is 0.709. The Bertz CT molecular complexity index is 743. The minimum absolute atomic E-state index is 0.222. The topological polar surface area (TPSA) is 70.2 Å². The molecule has 0 aliphatic rings. The summed E-state index contributed by atoms with van der Waals surface area (Å²) in [5, 5.41) is 6.26. The van der Waals surface area contributed by atoms with E-state index in [1.165, 1.54) is 6.33 Å². The molecule has 26 heavy (non-hydrogen) atoms. The van der Waals surface area contributed by atoms with Crippen molar-refractivity contribution in [2.45, 2.75) is 33.1 Å². The molecule has 0 aliphatic heterocycles. The lowest BCUT2D eigenvalue weighted by Crippen LogP contribution is -2.18. The molecule has 0 atom stereocenters. The highest BCUT2D eigenvalue weighted by Crippen LogP contribution is 2.27. The lowest BCUT2D eigenvalue weighted by Gasteiger charge is -2.16. The maximum absolute atomic E-state index is 12.7. The minimum Gasteiger partial charge on any atom is -0.370 e. The average molecular weight is 355 g/mol. The summed E-state index contributed by atoms with van der Waals surface area (Å²) in [5.41, 5.74) is 3.38. The SMILES string of the molecule is Cc1cccc(C(C)C)c1NC(=O)c1cc(NCCCN(C)C)ncn1. The molecule has 1 amide bonds. The van der Waals surface area contributed by atoms with Crippen LogP contribution in [0.15, 0.2) is 30.6 Å². The lowest BCUT2D eigenvalue weighted by atomic mass is 9.98. The Morgan fingerprint density at radius 3 is 2.69 bits per heavy atom. The van der Waals surface area contributed by atoms with Crippen LogP contribution in [-0.2, 0) is 0 Å². The van der Waals surface area contributed by atoms with Crippen molar-refractivity contribution in [1.29, 1.82) is 0 Å². The molecule has 0 saturated carbocycles. The molecule has 140 valence electrons. The summed E-state index contributed by atoms with van der Waals surface area (Å²) in [6, 6.07) is 7.75. The first-order chi connectivity index (χ1) is 12.4. The van der Waals surface area contributed by atoms with Gasteiger partial charge in [0, 0.05) is 18.3 Å². The number of para-hydroxylation sites is 1. The van der Waals surface area contributed by atoms with Crippen LogP contribution in [0.3, 0.4) is 0 Å². The van der Waals surface area contributed by atoms with Gasteiger partial charge in [0.1, 0.15) is 17.8 Å². The standard InChI is InChI=1S/C20H29N5O/c1-14(2)16-9-6-8-15(3)19(16)24-20(26)17-12-18(23-13-22-17)21-10-7-11-25(4)5/h6,8-9,12-14H,7,10-11H2,1-5H3,(H,24,26)(H,21,22,23). The van der Waals surface area contributed by atoms with E-state index in [2.05, 4.69) is 39.3 Å². The Balaban J connectivity index is 2.08.